The zero-order valence-corrected chi connectivity index (χ0v) is 13.3. The molecular formula is C15H22N2O3S. The predicted molar refractivity (Wildman–Crippen MR) is 82.4 cm³/mol. The summed E-state index contributed by atoms with van der Waals surface area (Å²) in [6, 6.07) is 4.27. The van der Waals surface area contributed by atoms with Crippen molar-refractivity contribution in [3.8, 4) is 0 Å². The second-order valence-corrected chi connectivity index (χ2v) is 6.63. The van der Waals surface area contributed by atoms with Crippen molar-refractivity contribution in [2.75, 3.05) is 19.6 Å². The molecule has 1 aromatic heterocycles. The van der Waals surface area contributed by atoms with Crippen LogP contribution in [-0.4, -0.2) is 52.5 Å². The Labute approximate surface area is 129 Å². The highest BCUT2D eigenvalue weighted by molar-refractivity contribution is 7.10. The molecule has 1 unspecified atom stereocenters. The van der Waals surface area contributed by atoms with E-state index in [1.54, 1.807) is 16.2 Å². The van der Waals surface area contributed by atoms with Gasteiger partial charge in [0.15, 0.2) is 0 Å². The molecule has 1 aromatic rings. The van der Waals surface area contributed by atoms with Crippen LogP contribution in [0.2, 0.25) is 0 Å². The molecule has 1 aliphatic heterocycles. The van der Waals surface area contributed by atoms with Gasteiger partial charge in [-0.1, -0.05) is 6.07 Å². The van der Waals surface area contributed by atoms with Gasteiger partial charge in [-0.05, 0) is 38.1 Å². The van der Waals surface area contributed by atoms with Crippen molar-refractivity contribution in [2.24, 2.45) is 0 Å². The molecule has 2 rings (SSSR count). The van der Waals surface area contributed by atoms with Gasteiger partial charge in [-0.25, -0.2) is 0 Å². The van der Waals surface area contributed by atoms with Gasteiger partial charge in [0.2, 0.25) is 5.91 Å². The number of rotatable bonds is 6. The molecule has 1 saturated heterocycles. The molecule has 0 aliphatic carbocycles. The maximum absolute atomic E-state index is 12.5. The number of carbonyl (C=O) groups is 2. The predicted octanol–water partition coefficient (Wildman–Crippen LogP) is 2.21. The van der Waals surface area contributed by atoms with Gasteiger partial charge in [0, 0.05) is 17.5 Å². The minimum atomic E-state index is -0.896. The van der Waals surface area contributed by atoms with Crippen LogP contribution >= 0.6 is 11.3 Å². The molecule has 0 spiro atoms. The van der Waals surface area contributed by atoms with Gasteiger partial charge in [0.1, 0.15) is 0 Å². The van der Waals surface area contributed by atoms with Crippen LogP contribution in [0.4, 0.5) is 0 Å². The van der Waals surface area contributed by atoms with Gasteiger partial charge in [-0.15, -0.1) is 11.3 Å². The van der Waals surface area contributed by atoms with Crippen molar-refractivity contribution >= 4 is 23.2 Å². The second-order valence-electron chi connectivity index (χ2n) is 5.65. The number of carboxylic acids is 1. The van der Waals surface area contributed by atoms with Crippen molar-refractivity contribution in [2.45, 2.75) is 38.8 Å². The molecule has 21 heavy (non-hydrogen) atoms. The van der Waals surface area contributed by atoms with Crippen LogP contribution in [-0.2, 0) is 9.59 Å². The van der Waals surface area contributed by atoms with Crippen LogP contribution in [0.15, 0.2) is 17.5 Å². The van der Waals surface area contributed by atoms with Crippen LogP contribution in [0.1, 0.15) is 37.6 Å². The van der Waals surface area contributed by atoms with Gasteiger partial charge in [-0.2, -0.15) is 0 Å². The number of carbonyl (C=O) groups excluding carboxylic acids is 1. The van der Waals surface area contributed by atoms with E-state index in [9.17, 15) is 9.59 Å². The van der Waals surface area contributed by atoms with Crippen molar-refractivity contribution in [1.29, 1.82) is 0 Å². The topological polar surface area (TPSA) is 60.9 Å². The molecule has 1 atom stereocenters. The van der Waals surface area contributed by atoms with Crippen molar-refractivity contribution in [3.63, 3.8) is 0 Å². The summed E-state index contributed by atoms with van der Waals surface area (Å²) < 4.78 is 0. The average molecular weight is 310 g/mol. The lowest BCUT2D eigenvalue weighted by molar-refractivity contribution is -0.140. The standard InChI is InChI=1S/C15H22N2O3S/c1-11(2)16(10-15(19)20)9-14(18)17-7-3-5-12(17)13-6-4-8-21-13/h4,6,8,11-12H,3,5,7,9-10H2,1-2H3,(H,19,20). The molecule has 116 valence electrons. The Morgan fingerprint density at radius 3 is 2.81 bits per heavy atom. The number of amides is 1. The summed E-state index contributed by atoms with van der Waals surface area (Å²) in [6.07, 6.45) is 2.00. The Bertz CT molecular complexity index is 487. The zero-order chi connectivity index (χ0) is 15.4. The van der Waals surface area contributed by atoms with Crippen molar-refractivity contribution < 1.29 is 14.7 Å². The number of thiophene rings is 1. The normalized spacial score (nSPS) is 18.7. The van der Waals surface area contributed by atoms with Gasteiger partial charge in [-0.3, -0.25) is 14.5 Å². The lowest BCUT2D eigenvalue weighted by Gasteiger charge is -2.29. The number of likely N-dealkylation sites (tertiary alicyclic amines) is 1. The maximum Gasteiger partial charge on any atom is 0.317 e. The molecule has 0 saturated carbocycles. The fourth-order valence-corrected chi connectivity index (χ4v) is 3.57. The Kier molecular flexibility index (Phi) is 5.36. The number of aliphatic carboxylic acids is 1. The molecule has 1 amide bonds. The lowest BCUT2D eigenvalue weighted by Crippen LogP contribution is -2.44. The Balaban J connectivity index is 2.02. The summed E-state index contributed by atoms with van der Waals surface area (Å²) in [4.78, 5) is 28.3. The van der Waals surface area contributed by atoms with Crippen LogP contribution < -0.4 is 0 Å². The van der Waals surface area contributed by atoms with Gasteiger partial charge < -0.3 is 10.0 Å². The summed E-state index contributed by atoms with van der Waals surface area (Å²) in [5.41, 5.74) is 0. The molecule has 2 heterocycles. The molecule has 1 N–H and O–H groups in total. The van der Waals surface area contributed by atoms with E-state index in [-0.39, 0.29) is 31.1 Å². The van der Waals surface area contributed by atoms with Crippen LogP contribution in [0, 0.1) is 0 Å². The first-order valence-corrected chi connectivity index (χ1v) is 8.15. The maximum atomic E-state index is 12.5. The fourth-order valence-electron chi connectivity index (χ4n) is 2.70. The zero-order valence-electron chi connectivity index (χ0n) is 12.5. The van der Waals surface area contributed by atoms with Crippen LogP contribution in [0.5, 0.6) is 0 Å². The largest absolute Gasteiger partial charge is 0.480 e. The van der Waals surface area contributed by atoms with Gasteiger partial charge >= 0.3 is 5.97 Å². The van der Waals surface area contributed by atoms with Crippen molar-refractivity contribution in [1.82, 2.24) is 9.80 Å². The molecule has 1 aliphatic rings. The van der Waals surface area contributed by atoms with Crippen LogP contribution in [0.25, 0.3) is 0 Å². The van der Waals surface area contributed by atoms with E-state index in [0.717, 1.165) is 19.4 Å². The highest BCUT2D eigenvalue weighted by Crippen LogP contribution is 2.34. The minimum Gasteiger partial charge on any atom is -0.480 e. The molecule has 0 aromatic carbocycles. The molecule has 5 nitrogen and oxygen atoms in total. The van der Waals surface area contributed by atoms with E-state index in [4.69, 9.17) is 5.11 Å². The summed E-state index contributed by atoms with van der Waals surface area (Å²) in [5, 5.41) is 11.0. The summed E-state index contributed by atoms with van der Waals surface area (Å²) in [6.45, 7) is 4.67. The van der Waals surface area contributed by atoms with Crippen LogP contribution in [0.3, 0.4) is 0 Å². The highest BCUT2D eigenvalue weighted by Gasteiger charge is 2.31. The third-order valence-corrected chi connectivity index (χ3v) is 4.83. The average Bonchev–Trinajstić information content (AvgIpc) is 3.07. The van der Waals surface area contributed by atoms with E-state index >= 15 is 0 Å². The molecule has 0 radical (unpaired) electrons. The quantitative estimate of drug-likeness (QED) is 0.875. The lowest BCUT2D eigenvalue weighted by atomic mass is 10.2. The first-order valence-electron chi connectivity index (χ1n) is 7.27. The Hall–Kier alpha value is -1.40. The minimum absolute atomic E-state index is 0.0286. The monoisotopic (exact) mass is 310 g/mol. The number of hydrogen-bond acceptors (Lipinski definition) is 4. The Morgan fingerprint density at radius 2 is 2.24 bits per heavy atom. The van der Waals surface area contributed by atoms with Gasteiger partial charge in [0.25, 0.3) is 0 Å². The van der Waals surface area contributed by atoms with E-state index in [1.165, 1.54) is 4.88 Å². The SMILES string of the molecule is CC(C)N(CC(=O)O)CC(=O)N1CCCC1c1cccs1. The van der Waals surface area contributed by atoms with E-state index in [0.29, 0.717) is 0 Å². The number of carboxylic acid groups (broad SMARTS) is 1. The summed E-state index contributed by atoms with van der Waals surface area (Å²) in [7, 11) is 0. The van der Waals surface area contributed by atoms with E-state index in [2.05, 4.69) is 6.07 Å². The molecule has 1 fully saturated rings. The third-order valence-electron chi connectivity index (χ3n) is 3.85. The van der Waals surface area contributed by atoms with Gasteiger partial charge in [0.05, 0.1) is 19.1 Å². The Morgan fingerprint density at radius 1 is 1.48 bits per heavy atom. The van der Waals surface area contributed by atoms with E-state index < -0.39 is 5.97 Å². The first kappa shape index (κ1) is 16.0. The summed E-state index contributed by atoms with van der Waals surface area (Å²) >= 11 is 1.68. The smallest absolute Gasteiger partial charge is 0.317 e. The number of nitrogens with zero attached hydrogens (tertiary/aromatic N) is 2. The third kappa shape index (κ3) is 4.04. The highest BCUT2D eigenvalue weighted by atomic mass is 32.1. The first-order chi connectivity index (χ1) is 9.99. The molecular weight excluding hydrogens is 288 g/mol. The second kappa shape index (κ2) is 7.04. The molecule has 0 bridgehead atoms. The summed E-state index contributed by atoms with van der Waals surface area (Å²) in [5.74, 6) is -0.867. The number of hydrogen-bond donors (Lipinski definition) is 1. The fraction of sp³-hybridized carbons (Fsp3) is 0.600. The molecule has 6 heteroatoms. The van der Waals surface area contributed by atoms with Crippen molar-refractivity contribution in [3.05, 3.63) is 22.4 Å². The van der Waals surface area contributed by atoms with E-state index in [1.807, 2.05) is 30.2 Å².